The highest BCUT2D eigenvalue weighted by atomic mass is 19.3. The normalized spacial score (nSPS) is 14.2. The Morgan fingerprint density at radius 1 is 1.32 bits per heavy atom. The summed E-state index contributed by atoms with van der Waals surface area (Å²) in [6.07, 6.45) is 0.972. The number of aromatic nitrogens is 3. The molecule has 3 rings (SSSR count). The maximum atomic E-state index is 12.9. The van der Waals surface area contributed by atoms with Crippen molar-refractivity contribution in [3.05, 3.63) is 41.5 Å². The molecule has 0 aromatic carbocycles. The summed E-state index contributed by atoms with van der Waals surface area (Å²) in [6.45, 7) is 0.447. The van der Waals surface area contributed by atoms with E-state index in [2.05, 4.69) is 20.3 Å². The van der Waals surface area contributed by atoms with E-state index in [1.54, 1.807) is 19.4 Å². The number of anilines is 1. The summed E-state index contributed by atoms with van der Waals surface area (Å²) >= 11 is 0. The molecule has 0 unspecified atom stereocenters. The fourth-order valence-corrected chi connectivity index (χ4v) is 2.08. The highest BCUT2D eigenvalue weighted by Gasteiger charge is 2.28. The van der Waals surface area contributed by atoms with Crippen molar-refractivity contribution in [3.8, 4) is 5.88 Å². The van der Waals surface area contributed by atoms with Crippen LogP contribution in [0.4, 0.5) is 14.6 Å². The Morgan fingerprint density at radius 2 is 2.14 bits per heavy atom. The number of hydrogen-bond donors (Lipinski definition) is 1. The minimum Gasteiger partial charge on any atom is -0.481 e. The quantitative estimate of drug-likeness (QED) is 0.887. The molecule has 0 bridgehead atoms. The van der Waals surface area contributed by atoms with Crippen molar-refractivity contribution >= 4 is 5.82 Å². The lowest BCUT2D eigenvalue weighted by Crippen LogP contribution is -2.07. The minimum absolute atomic E-state index is 0.222. The van der Waals surface area contributed by atoms with Gasteiger partial charge in [0.2, 0.25) is 5.88 Å². The van der Waals surface area contributed by atoms with Gasteiger partial charge in [0.1, 0.15) is 17.3 Å². The summed E-state index contributed by atoms with van der Waals surface area (Å²) in [5.41, 5.74) is 0.698. The highest BCUT2D eigenvalue weighted by Crippen LogP contribution is 2.39. The molecule has 2 aromatic rings. The maximum Gasteiger partial charge on any atom is 0.280 e. The third kappa shape index (κ3) is 3.47. The lowest BCUT2D eigenvalue weighted by molar-refractivity contribution is 0.145. The zero-order valence-electron chi connectivity index (χ0n) is 12.1. The van der Waals surface area contributed by atoms with Crippen molar-refractivity contribution < 1.29 is 13.5 Å². The van der Waals surface area contributed by atoms with Crippen LogP contribution in [-0.4, -0.2) is 22.1 Å². The summed E-state index contributed by atoms with van der Waals surface area (Å²) in [4.78, 5) is 12.3. The zero-order chi connectivity index (χ0) is 15.5. The first kappa shape index (κ1) is 14.6. The second kappa shape index (κ2) is 6.21. The molecule has 0 saturated heterocycles. The van der Waals surface area contributed by atoms with Gasteiger partial charge < -0.3 is 10.1 Å². The molecule has 1 fully saturated rings. The molecule has 22 heavy (non-hydrogen) atoms. The van der Waals surface area contributed by atoms with Gasteiger partial charge in [0.05, 0.1) is 7.11 Å². The molecule has 7 heteroatoms. The molecule has 1 saturated carbocycles. The van der Waals surface area contributed by atoms with Crippen molar-refractivity contribution in [2.24, 2.45) is 0 Å². The molecule has 5 nitrogen and oxygen atoms in total. The van der Waals surface area contributed by atoms with Gasteiger partial charge in [-0.25, -0.2) is 23.7 Å². The van der Waals surface area contributed by atoms with Crippen LogP contribution in [0.5, 0.6) is 5.88 Å². The van der Waals surface area contributed by atoms with Crippen molar-refractivity contribution in [3.63, 3.8) is 0 Å². The predicted octanol–water partition coefficient (Wildman–Crippen LogP) is 3.31. The first-order chi connectivity index (χ1) is 10.7. The van der Waals surface area contributed by atoms with Crippen molar-refractivity contribution in [2.45, 2.75) is 31.7 Å². The Kier molecular flexibility index (Phi) is 4.13. The van der Waals surface area contributed by atoms with Crippen LogP contribution in [-0.2, 0) is 6.54 Å². The van der Waals surface area contributed by atoms with Crippen molar-refractivity contribution in [1.29, 1.82) is 0 Å². The van der Waals surface area contributed by atoms with Crippen LogP contribution in [0.2, 0.25) is 0 Å². The average molecular weight is 306 g/mol. The van der Waals surface area contributed by atoms with Gasteiger partial charge in [-0.05, 0) is 24.5 Å². The van der Waals surface area contributed by atoms with Gasteiger partial charge in [-0.15, -0.1) is 0 Å². The maximum absolute atomic E-state index is 12.9. The van der Waals surface area contributed by atoms with Crippen LogP contribution in [0, 0.1) is 0 Å². The van der Waals surface area contributed by atoms with Gasteiger partial charge >= 0.3 is 0 Å². The molecule has 0 amide bonds. The molecule has 0 aliphatic heterocycles. The Hall–Kier alpha value is -2.31. The Labute approximate surface area is 126 Å². The van der Waals surface area contributed by atoms with Crippen LogP contribution in [0.25, 0.3) is 0 Å². The molecule has 2 aromatic heterocycles. The van der Waals surface area contributed by atoms with Crippen LogP contribution in [0.15, 0.2) is 24.4 Å². The van der Waals surface area contributed by atoms with Crippen LogP contribution < -0.4 is 10.1 Å². The number of alkyl halides is 2. The molecule has 0 atom stereocenters. The second-order valence-electron chi connectivity index (χ2n) is 5.17. The second-order valence-corrected chi connectivity index (χ2v) is 5.17. The van der Waals surface area contributed by atoms with Crippen LogP contribution in [0.3, 0.4) is 0 Å². The lowest BCUT2D eigenvalue weighted by Gasteiger charge is -2.10. The number of hydrogen-bond acceptors (Lipinski definition) is 5. The number of methoxy groups -OCH3 is 1. The summed E-state index contributed by atoms with van der Waals surface area (Å²) < 4.78 is 30.9. The number of pyridine rings is 1. The third-order valence-electron chi connectivity index (χ3n) is 3.41. The van der Waals surface area contributed by atoms with Gasteiger partial charge in [0, 0.05) is 30.8 Å². The number of nitrogens with one attached hydrogen (secondary N) is 1. The van der Waals surface area contributed by atoms with E-state index >= 15 is 0 Å². The topological polar surface area (TPSA) is 59.9 Å². The summed E-state index contributed by atoms with van der Waals surface area (Å²) in [6, 6.07) is 4.91. The van der Waals surface area contributed by atoms with E-state index in [1.165, 1.54) is 6.07 Å². The predicted molar refractivity (Wildman–Crippen MR) is 77.1 cm³/mol. The van der Waals surface area contributed by atoms with Crippen molar-refractivity contribution in [1.82, 2.24) is 15.0 Å². The Balaban J connectivity index is 1.76. The van der Waals surface area contributed by atoms with E-state index in [0.29, 0.717) is 24.1 Å². The number of ether oxygens (including phenoxy) is 1. The molecular weight excluding hydrogens is 290 g/mol. The average Bonchev–Trinajstić information content (AvgIpc) is 3.37. The summed E-state index contributed by atoms with van der Waals surface area (Å²) in [7, 11) is 1.54. The Morgan fingerprint density at radius 3 is 2.82 bits per heavy atom. The fourth-order valence-electron chi connectivity index (χ4n) is 2.08. The van der Waals surface area contributed by atoms with Gasteiger partial charge in [0.15, 0.2) is 0 Å². The highest BCUT2D eigenvalue weighted by molar-refractivity contribution is 5.39. The number of nitrogens with zero attached hydrogens (tertiary/aromatic N) is 3. The van der Waals surface area contributed by atoms with Gasteiger partial charge in [-0.2, -0.15) is 0 Å². The zero-order valence-corrected chi connectivity index (χ0v) is 12.1. The first-order valence-electron chi connectivity index (χ1n) is 7.05. The molecule has 2 heterocycles. The van der Waals surface area contributed by atoms with Crippen LogP contribution in [0.1, 0.15) is 42.3 Å². The third-order valence-corrected chi connectivity index (χ3v) is 3.41. The standard InChI is InChI=1S/C15H16F2N4O/c1-22-13-6-9(4-5-18-13)8-19-12-7-11(14(16)17)20-15(21-12)10-2-3-10/h4-7,10,14H,2-3,8H2,1H3,(H,19,20,21). The monoisotopic (exact) mass is 306 g/mol. The molecule has 1 aliphatic rings. The van der Waals surface area contributed by atoms with E-state index in [-0.39, 0.29) is 11.6 Å². The largest absolute Gasteiger partial charge is 0.481 e. The van der Waals surface area contributed by atoms with E-state index in [1.807, 2.05) is 6.07 Å². The van der Waals surface area contributed by atoms with E-state index in [4.69, 9.17) is 4.74 Å². The molecule has 0 radical (unpaired) electrons. The van der Waals surface area contributed by atoms with Gasteiger partial charge in [-0.1, -0.05) is 0 Å². The SMILES string of the molecule is COc1cc(CNc2cc(C(F)F)nc(C3CC3)n2)ccn1. The fraction of sp³-hybridized carbons (Fsp3) is 0.400. The molecule has 116 valence electrons. The minimum atomic E-state index is -2.60. The smallest absolute Gasteiger partial charge is 0.280 e. The Bertz CT molecular complexity index is 641. The lowest BCUT2D eigenvalue weighted by atomic mass is 10.2. The molecular formula is C15H16F2N4O. The first-order valence-corrected chi connectivity index (χ1v) is 7.05. The van der Waals surface area contributed by atoms with Crippen LogP contribution >= 0.6 is 0 Å². The molecule has 0 spiro atoms. The summed E-state index contributed by atoms with van der Waals surface area (Å²) in [5, 5.41) is 3.06. The van der Waals surface area contributed by atoms with E-state index in [0.717, 1.165) is 18.4 Å². The van der Waals surface area contributed by atoms with Crippen molar-refractivity contribution in [2.75, 3.05) is 12.4 Å². The van der Waals surface area contributed by atoms with E-state index in [9.17, 15) is 8.78 Å². The van der Waals surface area contributed by atoms with Gasteiger partial charge in [0.25, 0.3) is 6.43 Å². The van der Waals surface area contributed by atoms with E-state index < -0.39 is 6.43 Å². The van der Waals surface area contributed by atoms with Gasteiger partial charge in [-0.3, -0.25) is 0 Å². The number of halogens is 2. The summed E-state index contributed by atoms with van der Waals surface area (Å²) in [5.74, 6) is 1.66. The number of rotatable bonds is 6. The molecule has 1 aliphatic carbocycles. The molecule has 1 N–H and O–H groups in total.